The Balaban J connectivity index is 1.99. The molecule has 104 valence electrons. The van der Waals surface area contributed by atoms with E-state index in [9.17, 15) is 0 Å². The summed E-state index contributed by atoms with van der Waals surface area (Å²) < 4.78 is 0. The van der Waals surface area contributed by atoms with Gasteiger partial charge in [0.05, 0.1) is 6.04 Å². The predicted octanol–water partition coefficient (Wildman–Crippen LogP) is 4.05. The number of benzene rings is 1. The Morgan fingerprint density at radius 3 is 2.55 bits per heavy atom. The number of rotatable bonds is 5. The molecule has 1 atom stereocenters. The maximum Gasteiger partial charge on any atom is 0.0580 e. The van der Waals surface area contributed by atoms with Crippen molar-refractivity contribution in [3.05, 3.63) is 65.5 Å². The van der Waals surface area contributed by atoms with E-state index < -0.39 is 0 Å². The standard InChI is InChI=1S/C18H22N2/c1-2-20-18(15-10-12-19-13-11-15)17-9-4-3-8-16(17)14-6-5-7-14/h3-4,8-14,18,20H,2,5-7H2,1H3. The fourth-order valence-corrected chi connectivity index (χ4v) is 3.03. The summed E-state index contributed by atoms with van der Waals surface area (Å²) in [6.07, 6.45) is 7.82. The molecule has 2 heteroatoms. The monoisotopic (exact) mass is 266 g/mol. The minimum atomic E-state index is 0.278. The Bertz CT molecular complexity index is 546. The highest BCUT2D eigenvalue weighted by molar-refractivity contribution is 5.39. The van der Waals surface area contributed by atoms with E-state index in [2.05, 4.69) is 53.6 Å². The van der Waals surface area contributed by atoms with Gasteiger partial charge in [-0.05, 0) is 54.1 Å². The highest BCUT2D eigenvalue weighted by Crippen LogP contribution is 2.40. The van der Waals surface area contributed by atoms with E-state index in [1.807, 2.05) is 12.4 Å². The molecule has 0 spiro atoms. The molecule has 0 amide bonds. The first-order chi connectivity index (χ1) is 9.90. The number of nitrogens with one attached hydrogen (secondary N) is 1. The van der Waals surface area contributed by atoms with Gasteiger partial charge in [-0.2, -0.15) is 0 Å². The molecule has 2 aromatic rings. The van der Waals surface area contributed by atoms with Gasteiger partial charge in [-0.25, -0.2) is 0 Å². The fraction of sp³-hybridized carbons (Fsp3) is 0.389. The van der Waals surface area contributed by atoms with E-state index in [4.69, 9.17) is 0 Å². The smallest absolute Gasteiger partial charge is 0.0580 e. The van der Waals surface area contributed by atoms with E-state index in [1.165, 1.54) is 36.0 Å². The molecule has 1 aliphatic rings. The summed E-state index contributed by atoms with van der Waals surface area (Å²) in [6.45, 7) is 3.13. The van der Waals surface area contributed by atoms with Gasteiger partial charge in [-0.15, -0.1) is 0 Å². The van der Waals surface area contributed by atoms with E-state index >= 15 is 0 Å². The molecule has 1 fully saturated rings. The molecule has 1 heterocycles. The molecule has 3 rings (SSSR count). The van der Waals surface area contributed by atoms with Gasteiger partial charge in [-0.1, -0.05) is 37.6 Å². The van der Waals surface area contributed by atoms with Crippen molar-refractivity contribution in [3.8, 4) is 0 Å². The normalized spacial score (nSPS) is 16.6. The lowest BCUT2D eigenvalue weighted by molar-refractivity contribution is 0.414. The first-order valence-corrected chi connectivity index (χ1v) is 7.62. The molecule has 1 saturated carbocycles. The van der Waals surface area contributed by atoms with Crippen molar-refractivity contribution in [2.24, 2.45) is 0 Å². The van der Waals surface area contributed by atoms with Gasteiger partial charge in [0, 0.05) is 12.4 Å². The fourth-order valence-electron chi connectivity index (χ4n) is 3.03. The Morgan fingerprint density at radius 1 is 1.15 bits per heavy atom. The van der Waals surface area contributed by atoms with Crippen LogP contribution < -0.4 is 5.32 Å². The van der Waals surface area contributed by atoms with Crippen LogP contribution in [0.2, 0.25) is 0 Å². The maximum absolute atomic E-state index is 4.14. The third-order valence-electron chi connectivity index (χ3n) is 4.30. The van der Waals surface area contributed by atoms with Crippen LogP contribution in [0.3, 0.4) is 0 Å². The van der Waals surface area contributed by atoms with Crippen molar-refractivity contribution in [1.29, 1.82) is 0 Å². The molecule has 20 heavy (non-hydrogen) atoms. The van der Waals surface area contributed by atoms with Crippen molar-refractivity contribution in [2.45, 2.75) is 38.1 Å². The van der Waals surface area contributed by atoms with Gasteiger partial charge in [0.1, 0.15) is 0 Å². The molecule has 0 radical (unpaired) electrons. The lowest BCUT2D eigenvalue weighted by Crippen LogP contribution is -2.24. The number of pyridine rings is 1. The van der Waals surface area contributed by atoms with Crippen molar-refractivity contribution in [3.63, 3.8) is 0 Å². The zero-order chi connectivity index (χ0) is 13.8. The Hall–Kier alpha value is -1.67. The SMILES string of the molecule is CCNC(c1ccncc1)c1ccccc1C1CCC1. The number of hydrogen-bond donors (Lipinski definition) is 1. The first-order valence-electron chi connectivity index (χ1n) is 7.62. The summed E-state index contributed by atoms with van der Waals surface area (Å²) in [7, 11) is 0. The van der Waals surface area contributed by atoms with Gasteiger partial charge < -0.3 is 5.32 Å². The Morgan fingerprint density at radius 2 is 1.90 bits per heavy atom. The topological polar surface area (TPSA) is 24.9 Å². The first kappa shape index (κ1) is 13.3. The molecule has 1 aliphatic carbocycles. The zero-order valence-corrected chi connectivity index (χ0v) is 12.0. The summed E-state index contributed by atoms with van der Waals surface area (Å²) in [6, 6.07) is 13.4. The van der Waals surface area contributed by atoms with Crippen molar-refractivity contribution < 1.29 is 0 Å². The summed E-state index contributed by atoms with van der Waals surface area (Å²) in [5.41, 5.74) is 4.26. The van der Waals surface area contributed by atoms with Gasteiger partial charge in [0.15, 0.2) is 0 Å². The summed E-state index contributed by atoms with van der Waals surface area (Å²) in [4.78, 5) is 4.14. The highest BCUT2D eigenvalue weighted by atomic mass is 14.9. The second kappa shape index (κ2) is 6.19. The average Bonchev–Trinajstić information content (AvgIpc) is 2.45. The molecule has 0 saturated heterocycles. The van der Waals surface area contributed by atoms with E-state index in [-0.39, 0.29) is 6.04 Å². The quantitative estimate of drug-likeness (QED) is 0.883. The number of nitrogens with zero attached hydrogens (tertiary/aromatic N) is 1. The second-order valence-electron chi connectivity index (χ2n) is 5.53. The predicted molar refractivity (Wildman–Crippen MR) is 82.8 cm³/mol. The van der Waals surface area contributed by atoms with Crippen molar-refractivity contribution in [1.82, 2.24) is 10.3 Å². The molecular formula is C18H22N2. The van der Waals surface area contributed by atoms with Gasteiger partial charge in [0.25, 0.3) is 0 Å². The summed E-state index contributed by atoms with van der Waals surface area (Å²) in [5.74, 6) is 0.759. The minimum Gasteiger partial charge on any atom is -0.307 e. The molecule has 0 bridgehead atoms. The van der Waals surface area contributed by atoms with E-state index in [1.54, 1.807) is 0 Å². The molecular weight excluding hydrogens is 244 g/mol. The van der Waals surface area contributed by atoms with Crippen molar-refractivity contribution in [2.75, 3.05) is 6.54 Å². The molecule has 1 aromatic heterocycles. The van der Waals surface area contributed by atoms with Gasteiger partial charge >= 0.3 is 0 Å². The van der Waals surface area contributed by atoms with Crippen molar-refractivity contribution >= 4 is 0 Å². The van der Waals surface area contributed by atoms with Crippen LogP contribution in [-0.4, -0.2) is 11.5 Å². The second-order valence-corrected chi connectivity index (χ2v) is 5.53. The minimum absolute atomic E-state index is 0.278. The number of aromatic nitrogens is 1. The Kier molecular flexibility index (Phi) is 4.12. The number of hydrogen-bond acceptors (Lipinski definition) is 2. The van der Waals surface area contributed by atoms with Crippen LogP contribution in [-0.2, 0) is 0 Å². The third kappa shape index (κ3) is 2.61. The van der Waals surface area contributed by atoms with E-state index in [0.29, 0.717) is 0 Å². The summed E-state index contributed by atoms with van der Waals surface area (Å²) >= 11 is 0. The summed E-state index contributed by atoms with van der Waals surface area (Å²) in [5, 5.41) is 3.63. The lowest BCUT2D eigenvalue weighted by Gasteiger charge is -2.31. The van der Waals surface area contributed by atoms with Crippen LogP contribution in [0.25, 0.3) is 0 Å². The third-order valence-corrected chi connectivity index (χ3v) is 4.30. The average molecular weight is 266 g/mol. The molecule has 0 aliphatic heterocycles. The zero-order valence-electron chi connectivity index (χ0n) is 12.0. The highest BCUT2D eigenvalue weighted by Gasteiger charge is 2.25. The largest absolute Gasteiger partial charge is 0.307 e. The van der Waals surface area contributed by atoms with Crippen LogP contribution in [0.5, 0.6) is 0 Å². The maximum atomic E-state index is 4.14. The van der Waals surface area contributed by atoms with Crippen LogP contribution >= 0.6 is 0 Å². The molecule has 1 unspecified atom stereocenters. The molecule has 1 aromatic carbocycles. The van der Waals surface area contributed by atoms with E-state index in [0.717, 1.165) is 12.5 Å². The van der Waals surface area contributed by atoms with Gasteiger partial charge in [-0.3, -0.25) is 4.98 Å². The van der Waals surface area contributed by atoms with Crippen LogP contribution in [0.1, 0.15) is 54.8 Å². The molecule has 1 N–H and O–H groups in total. The lowest BCUT2D eigenvalue weighted by atomic mass is 9.76. The van der Waals surface area contributed by atoms with Crippen LogP contribution in [0.4, 0.5) is 0 Å². The van der Waals surface area contributed by atoms with Gasteiger partial charge in [0.2, 0.25) is 0 Å². The Labute approximate surface area is 121 Å². The van der Waals surface area contributed by atoms with Crippen LogP contribution in [0.15, 0.2) is 48.8 Å². The van der Waals surface area contributed by atoms with Crippen LogP contribution in [0, 0.1) is 0 Å². The molecule has 2 nitrogen and oxygen atoms in total.